The van der Waals surface area contributed by atoms with Crippen LogP contribution in [0, 0.1) is 6.92 Å². The van der Waals surface area contributed by atoms with Crippen LogP contribution >= 0.6 is 0 Å². The van der Waals surface area contributed by atoms with Crippen LogP contribution in [0.3, 0.4) is 0 Å². The van der Waals surface area contributed by atoms with Gasteiger partial charge in [0.2, 0.25) is 5.89 Å². The molecule has 90 valence electrons. The lowest BCUT2D eigenvalue weighted by Crippen LogP contribution is -2.08. The number of aromatic nitrogens is 2. The number of ether oxygens (including phenoxy) is 1. The maximum atomic E-state index is 5.57. The van der Waals surface area contributed by atoms with Crippen LogP contribution in [0.15, 0.2) is 28.7 Å². The van der Waals surface area contributed by atoms with Gasteiger partial charge in [-0.25, -0.2) is 0 Å². The molecule has 5 heteroatoms. The van der Waals surface area contributed by atoms with E-state index in [-0.39, 0.29) is 6.61 Å². The summed E-state index contributed by atoms with van der Waals surface area (Å²) in [5.41, 5.74) is 1.09. The van der Waals surface area contributed by atoms with E-state index in [0.717, 1.165) is 11.4 Å². The summed E-state index contributed by atoms with van der Waals surface area (Å²) in [6, 6.07) is 7.83. The molecule has 2 rings (SSSR count). The molecule has 0 fully saturated rings. The van der Waals surface area contributed by atoms with Crippen LogP contribution in [0.2, 0.25) is 0 Å². The highest BCUT2D eigenvalue weighted by Crippen LogP contribution is 2.20. The molecule has 1 aromatic heterocycles. The number of nitrogens with zero attached hydrogens (tertiary/aromatic N) is 3. The molecule has 0 N–H and O–H groups in total. The molecule has 0 aliphatic heterocycles. The molecule has 0 saturated heterocycles. The van der Waals surface area contributed by atoms with E-state index >= 15 is 0 Å². The van der Waals surface area contributed by atoms with Crippen molar-refractivity contribution in [1.82, 2.24) is 10.2 Å². The Labute approximate surface area is 100 Å². The van der Waals surface area contributed by atoms with Crippen LogP contribution in [0.4, 0.5) is 5.69 Å². The van der Waals surface area contributed by atoms with Crippen LogP contribution in [-0.4, -0.2) is 24.3 Å². The average molecular weight is 233 g/mol. The molecule has 0 radical (unpaired) electrons. The van der Waals surface area contributed by atoms with Crippen LogP contribution < -0.4 is 9.64 Å². The van der Waals surface area contributed by atoms with Crippen molar-refractivity contribution in [2.75, 3.05) is 19.0 Å². The molecular formula is C12H15N3O2. The molecule has 1 heterocycles. The Morgan fingerprint density at radius 2 is 2.12 bits per heavy atom. The fourth-order valence-corrected chi connectivity index (χ4v) is 1.39. The molecule has 0 aliphatic carbocycles. The largest absolute Gasteiger partial charge is 0.484 e. The van der Waals surface area contributed by atoms with E-state index in [0.29, 0.717) is 11.8 Å². The van der Waals surface area contributed by atoms with Gasteiger partial charge in [-0.05, 0) is 12.1 Å². The number of hydrogen-bond acceptors (Lipinski definition) is 5. The smallest absolute Gasteiger partial charge is 0.253 e. The molecule has 2 aromatic rings. The van der Waals surface area contributed by atoms with Gasteiger partial charge >= 0.3 is 0 Å². The van der Waals surface area contributed by atoms with Crippen molar-refractivity contribution in [3.05, 3.63) is 36.0 Å². The summed E-state index contributed by atoms with van der Waals surface area (Å²) >= 11 is 0. The number of hydrogen-bond donors (Lipinski definition) is 0. The number of rotatable bonds is 4. The van der Waals surface area contributed by atoms with Gasteiger partial charge in [0.15, 0.2) is 6.61 Å². The maximum absolute atomic E-state index is 5.57. The van der Waals surface area contributed by atoms with Crippen molar-refractivity contribution >= 4 is 5.69 Å². The standard InChI is InChI=1S/C12H15N3O2/c1-9-13-14-12(17-9)8-16-11-6-4-5-10(7-11)15(2)3/h4-7H,8H2,1-3H3. The van der Waals surface area contributed by atoms with Gasteiger partial charge < -0.3 is 14.1 Å². The Morgan fingerprint density at radius 1 is 1.29 bits per heavy atom. The Hall–Kier alpha value is -2.04. The van der Waals surface area contributed by atoms with Crippen molar-refractivity contribution in [2.45, 2.75) is 13.5 Å². The van der Waals surface area contributed by atoms with Gasteiger partial charge in [-0.1, -0.05) is 6.07 Å². The first-order chi connectivity index (χ1) is 8.15. The lowest BCUT2D eigenvalue weighted by molar-refractivity contribution is 0.260. The molecule has 5 nitrogen and oxygen atoms in total. The van der Waals surface area contributed by atoms with Gasteiger partial charge in [0.1, 0.15) is 5.75 Å². The second-order valence-electron chi connectivity index (χ2n) is 3.90. The fourth-order valence-electron chi connectivity index (χ4n) is 1.39. The third-order valence-electron chi connectivity index (χ3n) is 2.26. The van der Waals surface area contributed by atoms with Gasteiger partial charge in [0, 0.05) is 32.8 Å². The van der Waals surface area contributed by atoms with E-state index in [4.69, 9.17) is 9.15 Å². The van der Waals surface area contributed by atoms with Crippen LogP contribution in [0.5, 0.6) is 5.75 Å². The lowest BCUT2D eigenvalue weighted by atomic mass is 10.3. The Bertz CT molecular complexity index is 494. The molecule has 0 spiro atoms. The number of anilines is 1. The Kier molecular flexibility index (Phi) is 3.27. The van der Waals surface area contributed by atoms with Gasteiger partial charge in [-0.2, -0.15) is 0 Å². The zero-order valence-corrected chi connectivity index (χ0v) is 10.2. The summed E-state index contributed by atoms with van der Waals surface area (Å²) in [6.45, 7) is 2.04. The zero-order valence-electron chi connectivity index (χ0n) is 10.2. The quantitative estimate of drug-likeness (QED) is 0.808. The highest BCUT2D eigenvalue weighted by Gasteiger charge is 2.04. The monoisotopic (exact) mass is 233 g/mol. The molecule has 0 amide bonds. The average Bonchev–Trinajstić information content (AvgIpc) is 2.73. The first-order valence-corrected chi connectivity index (χ1v) is 5.34. The predicted molar refractivity (Wildman–Crippen MR) is 64.1 cm³/mol. The summed E-state index contributed by atoms with van der Waals surface area (Å²) in [6.07, 6.45) is 0. The second kappa shape index (κ2) is 4.86. The predicted octanol–water partition coefficient (Wildman–Crippen LogP) is 2.02. The van der Waals surface area contributed by atoms with E-state index < -0.39 is 0 Å². The Morgan fingerprint density at radius 3 is 2.76 bits per heavy atom. The summed E-state index contributed by atoms with van der Waals surface area (Å²) < 4.78 is 10.8. The first kappa shape index (κ1) is 11.4. The third-order valence-corrected chi connectivity index (χ3v) is 2.26. The second-order valence-corrected chi connectivity index (χ2v) is 3.90. The topological polar surface area (TPSA) is 51.4 Å². The minimum absolute atomic E-state index is 0.289. The molecule has 0 unspecified atom stereocenters. The van der Waals surface area contributed by atoms with Crippen molar-refractivity contribution in [1.29, 1.82) is 0 Å². The normalized spacial score (nSPS) is 10.3. The molecule has 0 saturated carbocycles. The summed E-state index contributed by atoms with van der Waals surface area (Å²) in [5, 5.41) is 7.61. The zero-order chi connectivity index (χ0) is 12.3. The van der Waals surface area contributed by atoms with E-state index in [9.17, 15) is 0 Å². The highest BCUT2D eigenvalue weighted by molar-refractivity contribution is 5.49. The molecule has 1 aromatic carbocycles. The van der Waals surface area contributed by atoms with Crippen LogP contribution in [0.25, 0.3) is 0 Å². The summed E-state index contributed by atoms with van der Waals surface area (Å²) in [4.78, 5) is 2.02. The minimum atomic E-state index is 0.289. The molecule has 17 heavy (non-hydrogen) atoms. The maximum Gasteiger partial charge on any atom is 0.253 e. The van der Waals surface area contributed by atoms with Gasteiger partial charge in [0.05, 0.1) is 0 Å². The number of aryl methyl sites for hydroxylation is 1. The van der Waals surface area contributed by atoms with Gasteiger partial charge in [-0.15, -0.1) is 10.2 Å². The van der Waals surface area contributed by atoms with Gasteiger partial charge in [0.25, 0.3) is 5.89 Å². The molecule has 0 aliphatic rings. The van der Waals surface area contributed by atoms with E-state index in [1.165, 1.54) is 0 Å². The van der Waals surface area contributed by atoms with E-state index in [1.807, 2.05) is 43.3 Å². The summed E-state index contributed by atoms with van der Waals surface area (Å²) in [7, 11) is 3.97. The Balaban J connectivity index is 2.01. The van der Waals surface area contributed by atoms with Crippen molar-refractivity contribution in [3.8, 4) is 5.75 Å². The van der Waals surface area contributed by atoms with E-state index in [2.05, 4.69) is 10.2 Å². The van der Waals surface area contributed by atoms with Crippen molar-refractivity contribution in [2.24, 2.45) is 0 Å². The molecule has 0 atom stereocenters. The van der Waals surface area contributed by atoms with E-state index in [1.54, 1.807) is 6.92 Å². The van der Waals surface area contributed by atoms with Crippen molar-refractivity contribution in [3.63, 3.8) is 0 Å². The highest BCUT2D eigenvalue weighted by atomic mass is 16.5. The third kappa shape index (κ3) is 2.96. The molecule has 0 bridgehead atoms. The van der Waals surface area contributed by atoms with Crippen molar-refractivity contribution < 1.29 is 9.15 Å². The first-order valence-electron chi connectivity index (χ1n) is 5.34. The summed E-state index contributed by atoms with van der Waals surface area (Å²) in [5.74, 6) is 1.82. The molecular weight excluding hydrogens is 218 g/mol. The van der Waals surface area contributed by atoms with Crippen LogP contribution in [0.1, 0.15) is 11.8 Å². The number of benzene rings is 1. The van der Waals surface area contributed by atoms with Crippen LogP contribution in [-0.2, 0) is 6.61 Å². The van der Waals surface area contributed by atoms with Gasteiger partial charge in [-0.3, -0.25) is 0 Å². The minimum Gasteiger partial charge on any atom is -0.484 e. The SMILES string of the molecule is Cc1nnc(COc2cccc(N(C)C)c2)o1. The fraction of sp³-hybridized carbons (Fsp3) is 0.333. The lowest BCUT2D eigenvalue weighted by Gasteiger charge is -2.13.